The first kappa shape index (κ1) is 12.5. The first-order chi connectivity index (χ1) is 8.67. The van der Waals surface area contributed by atoms with E-state index in [2.05, 4.69) is 24.2 Å². The molecule has 0 spiro atoms. The highest BCUT2D eigenvalue weighted by Crippen LogP contribution is 2.19. The molecule has 18 heavy (non-hydrogen) atoms. The summed E-state index contributed by atoms with van der Waals surface area (Å²) in [4.78, 5) is 11.2. The summed E-state index contributed by atoms with van der Waals surface area (Å²) in [5.41, 5.74) is 1.53. The molecule has 0 saturated heterocycles. The molecule has 0 radical (unpaired) electrons. The fourth-order valence-electron chi connectivity index (χ4n) is 2.12. The van der Waals surface area contributed by atoms with Crippen LogP contribution in [0.3, 0.4) is 0 Å². The summed E-state index contributed by atoms with van der Waals surface area (Å²) < 4.78 is 1.72. The van der Waals surface area contributed by atoms with Gasteiger partial charge in [-0.05, 0) is 18.1 Å². The number of aromatic carboxylic acids is 1. The van der Waals surface area contributed by atoms with Crippen molar-refractivity contribution in [2.75, 3.05) is 0 Å². The monoisotopic (exact) mass is 247 g/mol. The average Bonchev–Trinajstić information content (AvgIpc) is 2.78. The highest BCUT2D eigenvalue weighted by molar-refractivity contribution is 6.00. The molecule has 2 aromatic rings. The van der Waals surface area contributed by atoms with Crippen molar-refractivity contribution in [1.29, 1.82) is 0 Å². The molecule has 1 N–H and O–H groups in total. The van der Waals surface area contributed by atoms with E-state index >= 15 is 0 Å². The topological polar surface area (TPSA) is 68.0 Å². The summed E-state index contributed by atoms with van der Waals surface area (Å²) in [5, 5.41) is 17.3. The van der Waals surface area contributed by atoms with E-state index in [1.165, 1.54) is 0 Å². The number of nitrogens with zero attached hydrogens (tertiary/aromatic N) is 3. The van der Waals surface area contributed by atoms with Gasteiger partial charge in [0.25, 0.3) is 0 Å². The Morgan fingerprint density at radius 3 is 2.72 bits per heavy atom. The van der Waals surface area contributed by atoms with Crippen LogP contribution in [0, 0.1) is 5.92 Å². The van der Waals surface area contributed by atoms with Crippen LogP contribution in [0.25, 0.3) is 11.0 Å². The lowest BCUT2D eigenvalue weighted by Crippen LogP contribution is -2.12. The van der Waals surface area contributed by atoms with Gasteiger partial charge in [0.15, 0.2) is 0 Å². The largest absolute Gasteiger partial charge is 0.478 e. The molecule has 5 heteroatoms. The molecule has 0 amide bonds. The van der Waals surface area contributed by atoms with Gasteiger partial charge in [0, 0.05) is 6.54 Å². The molecule has 5 nitrogen and oxygen atoms in total. The minimum atomic E-state index is -0.936. The molecule has 1 aromatic carbocycles. The summed E-state index contributed by atoms with van der Waals surface area (Å²) in [6, 6.07) is 5.08. The van der Waals surface area contributed by atoms with E-state index in [0.29, 0.717) is 23.5 Å². The van der Waals surface area contributed by atoms with Gasteiger partial charge in [0.2, 0.25) is 0 Å². The van der Waals surface area contributed by atoms with Gasteiger partial charge in [-0.25, -0.2) is 9.48 Å². The Morgan fingerprint density at radius 2 is 2.11 bits per heavy atom. The number of carboxylic acids is 1. The lowest BCUT2D eigenvalue weighted by molar-refractivity contribution is 0.0698. The summed E-state index contributed by atoms with van der Waals surface area (Å²) >= 11 is 0. The number of benzene rings is 1. The summed E-state index contributed by atoms with van der Waals surface area (Å²) in [6.07, 6.45) is 2.10. The quantitative estimate of drug-likeness (QED) is 0.881. The van der Waals surface area contributed by atoms with E-state index in [-0.39, 0.29) is 5.56 Å². The third-order valence-corrected chi connectivity index (χ3v) is 3.35. The standard InChI is InChI=1S/C13H17N3O2/c1-3-9(4-2)8-16-12-10(13(17)18)6-5-7-11(12)14-15-16/h5-7,9H,3-4,8H2,1-2H3,(H,17,18). The van der Waals surface area contributed by atoms with E-state index in [1.807, 2.05) is 0 Å². The molecule has 0 atom stereocenters. The van der Waals surface area contributed by atoms with Crippen molar-refractivity contribution in [3.8, 4) is 0 Å². The van der Waals surface area contributed by atoms with Crippen LogP contribution >= 0.6 is 0 Å². The smallest absolute Gasteiger partial charge is 0.337 e. The molecule has 0 aliphatic carbocycles. The molecular weight excluding hydrogens is 230 g/mol. The number of carbonyl (C=O) groups is 1. The highest BCUT2D eigenvalue weighted by Gasteiger charge is 2.16. The zero-order valence-corrected chi connectivity index (χ0v) is 10.6. The van der Waals surface area contributed by atoms with Crippen LogP contribution in [0.15, 0.2) is 18.2 Å². The Labute approximate surface area is 105 Å². The van der Waals surface area contributed by atoms with Crippen molar-refractivity contribution in [2.45, 2.75) is 33.2 Å². The second-order valence-corrected chi connectivity index (χ2v) is 4.43. The minimum absolute atomic E-state index is 0.267. The normalized spacial score (nSPS) is 11.3. The van der Waals surface area contributed by atoms with Crippen LogP contribution in [0.5, 0.6) is 0 Å². The molecule has 96 valence electrons. The van der Waals surface area contributed by atoms with Crippen LogP contribution in [-0.4, -0.2) is 26.1 Å². The molecule has 2 rings (SSSR count). The predicted octanol–water partition coefficient (Wildman–Crippen LogP) is 2.57. The van der Waals surface area contributed by atoms with Crippen molar-refractivity contribution < 1.29 is 9.90 Å². The van der Waals surface area contributed by atoms with Crippen molar-refractivity contribution >= 4 is 17.0 Å². The van der Waals surface area contributed by atoms with Crippen LogP contribution in [0.1, 0.15) is 37.0 Å². The third-order valence-electron chi connectivity index (χ3n) is 3.35. The first-order valence-corrected chi connectivity index (χ1v) is 6.22. The van der Waals surface area contributed by atoms with Crippen LogP contribution in [-0.2, 0) is 6.54 Å². The summed E-state index contributed by atoms with van der Waals surface area (Å²) in [7, 11) is 0. The fraction of sp³-hybridized carbons (Fsp3) is 0.462. The number of para-hydroxylation sites is 1. The lowest BCUT2D eigenvalue weighted by Gasteiger charge is -2.12. The van der Waals surface area contributed by atoms with Crippen molar-refractivity contribution in [3.05, 3.63) is 23.8 Å². The number of hydrogen-bond acceptors (Lipinski definition) is 3. The molecule has 1 aromatic heterocycles. The van der Waals surface area contributed by atoms with Gasteiger partial charge in [-0.2, -0.15) is 0 Å². The molecule has 0 bridgehead atoms. The van der Waals surface area contributed by atoms with Crippen molar-refractivity contribution in [3.63, 3.8) is 0 Å². The number of hydrogen-bond donors (Lipinski definition) is 1. The maximum Gasteiger partial charge on any atom is 0.337 e. The van der Waals surface area contributed by atoms with E-state index in [9.17, 15) is 9.90 Å². The Balaban J connectivity index is 2.48. The van der Waals surface area contributed by atoms with E-state index < -0.39 is 5.97 Å². The number of aromatic nitrogens is 3. The Kier molecular flexibility index (Phi) is 3.60. The fourth-order valence-corrected chi connectivity index (χ4v) is 2.12. The number of fused-ring (bicyclic) bond motifs is 1. The highest BCUT2D eigenvalue weighted by atomic mass is 16.4. The van der Waals surface area contributed by atoms with Crippen LogP contribution in [0.4, 0.5) is 0 Å². The molecule has 0 aliphatic heterocycles. The van der Waals surface area contributed by atoms with Crippen LogP contribution in [0.2, 0.25) is 0 Å². The zero-order chi connectivity index (χ0) is 13.1. The van der Waals surface area contributed by atoms with Crippen molar-refractivity contribution in [1.82, 2.24) is 15.0 Å². The predicted molar refractivity (Wildman–Crippen MR) is 68.6 cm³/mol. The van der Waals surface area contributed by atoms with Crippen molar-refractivity contribution in [2.24, 2.45) is 5.92 Å². The molecular formula is C13H17N3O2. The van der Waals surface area contributed by atoms with Gasteiger partial charge in [-0.15, -0.1) is 5.10 Å². The van der Waals surface area contributed by atoms with E-state index in [1.54, 1.807) is 22.9 Å². The number of rotatable bonds is 5. The Hall–Kier alpha value is -1.91. The summed E-state index contributed by atoms with van der Waals surface area (Å²) in [6.45, 7) is 4.98. The van der Waals surface area contributed by atoms with E-state index in [4.69, 9.17) is 0 Å². The lowest BCUT2D eigenvalue weighted by atomic mass is 10.0. The van der Waals surface area contributed by atoms with E-state index in [0.717, 1.165) is 12.8 Å². The second kappa shape index (κ2) is 5.16. The second-order valence-electron chi connectivity index (χ2n) is 4.43. The Morgan fingerprint density at radius 1 is 1.39 bits per heavy atom. The summed E-state index contributed by atoms with van der Waals surface area (Å²) in [5.74, 6) is -0.439. The zero-order valence-electron chi connectivity index (χ0n) is 10.6. The van der Waals surface area contributed by atoms with Gasteiger partial charge in [0.1, 0.15) is 11.0 Å². The molecule has 0 aliphatic rings. The minimum Gasteiger partial charge on any atom is -0.478 e. The molecule has 0 fully saturated rings. The third kappa shape index (κ3) is 2.20. The van der Waals surface area contributed by atoms with Gasteiger partial charge in [-0.1, -0.05) is 38.0 Å². The SMILES string of the molecule is CCC(CC)Cn1nnc2cccc(C(=O)O)c21. The Bertz CT molecular complexity index is 558. The van der Waals surface area contributed by atoms with Gasteiger partial charge in [-0.3, -0.25) is 0 Å². The molecule has 0 unspecified atom stereocenters. The number of carboxylic acid groups (broad SMARTS) is 1. The molecule has 1 heterocycles. The van der Waals surface area contributed by atoms with Gasteiger partial charge in [0.05, 0.1) is 5.56 Å². The maximum atomic E-state index is 11.2. The maximum absolute atomic E-state index is 11.2. The molecule has 0 saturated carbocycles. The van der Waals surface area contributed by atoms with Gasteiger partial charge < -0.3 is 5.11 Å². The average molecular weight is 247 g/mol. The van der Waals surface area contributed by atoms with Crippen LogP contribution < -0.4 is 0 Å². The van der Waals surface area contributed by atoms with Gasteiger partial charge >= 0.3 is 5.97 Å². The first-order valence-electron chi connectivity index (χ1n) is 6.22.